The Morgan fingerprint density at radius 1 is 0.245 bits per heavy atom. The number of aliphatic hydroxyl groups excluding tert-OH is 3. The van der Waals surface area contributed by atoms with Crippen LogP contribution in [-0.2, 0) is 125 Å². The van der Waals surface area contributed by atoms with E-state index < -0.39 is 0 Å². The molecule has 0 saturated carbocycles. The van der Waals surface area contributed by atoms with Crippen molar-refractivity contribution in [3.63, 3.8) is 0 Å². The van der Waals surface area contributed by atoms with Crippen LogP contribution in [0.25, 0.3) is 5.57 Å². The molecule has 1 aliphatic rings. The molecule has 0 amide bonds. The Bertz CT molecular complexity index is 2250. The molecule has 30 nitrogen and oxygen atoms in total. The van der Waals surface area contributed by atoms with Crippen LogP contribution < -0.4 is 22.7 Å². The molecule has 2 aromatic rings. The lowest BCUT2D eigenvalue weighted by Crippen LogP contribution is -3.00. The van der Waals surface area contributed by atoms with Crippen molar-refractivity contribution in [2.24, 2.45) is 0 Å². The van der Waals surface area contributed by atoms with Crippen molar-refractivity contribution >= 4 is 17.0 Å². The van der Waals surface area contributed by atoms with E-state index in [1.165, 1.54) is 5.56 Å². The van der Waals surface area contributed by atoms with Crippen LogP contribution in [0.2, 0.25) is 0 Å². The molecule has 0 saturated heterocycles. The van der Waals surface area contributed by atoms with Crippen molar-refractivity contribution < 1.29 is 151 Å². The van der Waals surface area contributed by atoms with Gasteiger partial charge in [-0.15, -0.1) is 0 Å². The molecule has 0 radical (unpaired) electrons. The summed E-state index contributed by atoms with van der Waals surface area (Å²) in [6, 6.07) is 17.2. The molecule has 1 aliphatic carbocycles. The zero-order chi connectivity index (χ0) is 74.2. The molecule has 0 fully saturated rings. The molecule has 0 heterocycles. The number of anilines is 1. The third-order valence-electron chi connectivity index (χ3n) is 14.2. The topological polar surface area (TPSA) is 317 Å². The number of ether oxygens (including phenoxy) is 25. The number of benzene rings is 2. The maximum Gasteiger partial charge on any atom is 0.198 e. The van der Waals surface area contributed by atoms with Gasteiger partial charge >= 0.3 is 0 Å². The predicted molar refractivity (Wildman–Crippen MR) is 392 cm³/mol. The molecule has 0 spiro atoms. The Hall–Kier alpha value is -3.70. The van der Waals surface area contributed by atoms with Gasteiger partial charge in [0.2, 0.25) is 0 Å². The quantitative estimate of drug-likeness (QED) is 0.0470. The first-order valence-corrected chi connectivity index (χ1v) is 37.2. The maximum absolute atomic E-state index is 8.75. The van der Waals surface area contributed by atoms with Gasteiger partial charge in [-0.2, -0.15) is 0 Å². The van der Waals surface area contributed by atoms with Crippen LogP contribution in [0, 0.1) is 0 Å². The highest BCUT2D eigenvalue weighted by Gasteiger charge is 2.14. The first-order valence-electron chi connectivity index (χ1n) is 37.2. The Morgan fingerprint density at radius 3 is 0.717 bits per heavy atom. The summed E-state index contributed by atoms with van der Waals surface area (Å²) < 4.78 is 138. The van der Waals surface area contributed by atoms with Crippen LogP contribution in [0.4, 0.5) is 5.69 Å². The van der Waals surface area contributed by atoms with E-state index in [1.807, 2.05) is 0 Å². The average molecular weight is 1540 g/mol. The summed E-state index contributed by atoms with van der Waals surface area (Å²) in [6.07, 6.45) is 9.27. The molecule has 0 aromatic heterocycles. The minimum atomic E-state index is 0. The third kappa shape index (κ3) is 64.0. The summed E-state index contributed by atoms with van der Waals surface area (Å²) in [5, 5.41) is 29.6. The number of allylic oxidation sites excluding steroid dienone is 5. The van der Waals surface area contributed by atoms with Gasteiger partial charge in [0.1, 0.15) is 6.61 Å². The zero-order valence-corrected chi connectivity index (χ0v) is 63.7. The summed E-state index contributed by atoms with van der Waals surface area (Å²) in [5.74, 6) is 0. The lowest BCUT2D eigenvalue weighted by atomic mass is 9.90. The highest BCUT2D eigenvalue weighted by molar-refractivity contribution is 6.03. The van der Waals surface area contributed by atoms with Gasteiger partial charge in [0.25, 0.3) is 0 Å². The van der Waals surface area contributed by atoms with Crippen molar-refractivity contribution in [1.29, 1.82) is 0 Å². The van der Waals surface area contributed by atoms with Crippen molar-refractivity contribution in [2.75, 3.05) is 369 Å². The SMILES string of the molecule is OCCOCCOCCOCCOCCOCCOCCOCCOCCOCCOCCNc1ccc(C(=C2C=CC(=[NH+]CCOCCOCCOCCOCCOCCOCCOCCOCCOCCOCCO)C=C2)c2ccc(CCOCCOCCOCCOCCOCCO)cc2)cc1.[Cl-]. The third-order valence-corrected chi connectivity index (χ3v) is 14.2. The number of hydrogen-bond donors (Lipinski definition) is 5. The largest absolute Gasteiger partial charge is 1.00 e. The fourth-order valence-corrected chi connectivity index (χ4v) is 8.91. The standard InChI is InChI=1S/C75H128N2O28.ClH/c78-16-22-84-28-34-90-40-46-93-43-37-87-31-25-81-19-13-69-1-3-70(4-2-69)75(71-5-9-73(10-6-71)76-14-20-82-26-32-88-38-44-94-49-53-98-57-61-102-65-67-104-63-59-100-55-51-96-47-41-91-35-29-85-23-17-79)72-7-11-74(12-8-72)77-15-21-83-27-33-89-39-45-95-50-54-99-58-62-103-66-68-105-64-60-101-56-52-97-48-42-92-36-30-86-24-18-80;/h1-12,76,78-80H,13-68H2;1H. The second-order valence-corrected chi connectivity index (χ2v) is 22.3. The molecular formula is C75H129ClN2O28. The number of nitrogens with one attached hydrogen (secondary N) is 2. The minimum Gasteiger partial charge on any atom is -1.00 e. The minimum absolute atomic E-state index is 0. The molecule has 5 N–H and O–H groups in total. The van der Waals surface area contributed by atoms with E-state index in [0.717, 1.165) is 40.1 Å². The van der Waals surface area contributed by atoms with Gasteiger partial charge in [0.15, 0.2) is 12.3 Å². The summed E-state index contributed by atoms with van der Waals surface area (Å²) >= 11 is 0. The van der Waals surface area contributed by atoms with Crippen LogP contribution >= 0.6 is 0 Å². The van der Waals surface area contributed by atoms with E-state index in [0.29, 0.717) is 343 Å². The molecular weight excluding hydrogens is 1410 g/mol. The molecule has 3 rings (SSSR count). The summed E-state index contributed by atoms with van der Waals surface area (Å²) in [4.78, 5) is 3.48. The first-order chi connectivity index (χ1) is 52.2. The fourth-order valence-electron chi connectivity index (χ4n) is 8.91. The van der Waals surface area contributed by atoms with Crippen LogP contribution in [-0.4, -0.2) is 384 Å². The van der Waals surface area contributed by atoms with Gasteiger partial charge in [-0.3, -0.25) is 0 Å². The van der Waals surface area contributed by atoms with E-state index in [-0.39, 0.29) is 32.2 Å². The van der Waals surface area contributed by atoms with Crippen LogP contribution in [0.1, 0.15) is 16.7 Å². The Balaban J connectivity index is 0.0000382. The Labute approximate surface area is 635 Å². The van der Waals surface area contributed by atoms with Crippen molar-refractivity contribution in [2.45, 2.75) is 6.42 Å². The van der Waals surface area contributed by atoms with E-state index in [4.69, 9.17) is 134 Å². The molecule has 106 heavy (non-hydrogen) atoms. The van der Waals surface area contributed by atoms with Crippen molar-refractivity contribution in [1.82, 2.24) is 0 Å². The second kappa shape index (κ2) is 80.8. The molecule has 31 heteroatoms. The lowest BCUT2D eigenvalue weighted by molar-refractivity contribution is -0.459. The van der Waals surface area contributed by atoms with Crippen LogP contribution in [0.3, 0.4) is 0 Å². The van der Waals surface area contributed by atoms with E-state index >= 15 is 0 Å². The van der Waals surface area contributed by atoms with Gasteiger partial charge in [0, 0.05) is 24.4 Å². The molecule has 2 aromatic carbocycles. The van der Waals surface area contributed by atoms with E-state index in [9.17, 15) is 0 Å². The van der Waals surface area contributed by atoms with E-state index in [2.05, 4.69) is 83.1 Å². The van der Waals surface area contributed by atoms with Gasteiger partial charge in [-0.05, 0) is 58.5 Å². The van der Waals surface area contributed by atoms with E-state index in [1.54, 1.807) is 0 Å². The number of halogens is 1. The highest BCUT2D eigenvalue weighted by Crippen LogP contribution is 2.31. The number of rotatable bonds is 84. The Morgan fingerprint density at radius 2 is 0.462 bits per heavy atom. The molecule has 0 atom stereocenters. The summed E-state index contributed by atoms with van der Waals surface area (Å²) in [5.41, 5.74) is 7.55. The lowest BCUT2D eigenvalue weighted by Gasteiger charge is -2.15. The molecule has 0 unspecified atom stereocenters. The maximum atomic E-state index is 8.75. The molecule has 0 bridgehead atoms. The first kappa shape index (κ1) is 98.4. The summed E-state index contributed by atoms with van der Waals surface area (Å²) in [6.45, 7) is 24.9. The normalized spacial score (nSPS) is 12.1. The van der Waals surface area contributed by atoms with Gasteiger partial charge in [-0.1, -0.05) is 36.4 Å². The smallest absolute Gasteiger partial charge is 0.198 e. The predicted octanol–water partition coefficient (Wildman–Crippen LogP) is -1.51. The average Bonchev–Trinajstić information content (AvgIpc) is 0.808. The van der Waals surface area contributed by atoms with Gasteiger partial charge in [0.05, 0.1) is 344 Å². The van der Waals surface area contributed by atoms with Crippen molar-refractivity contribution in [3.8, 4) is 0 Å². The molecule has 614 valence electrons. The Kier molecular flexibility index (Phi) is 75.0. The summed E-state index contributed by atoms with van der Waals surface area (Å²) in [7, 11) is 0. The second-order valence-electron chi connectivity index (χ2n) is 22.3. The number of hydrogen-bond acceptors (Lipinski definition) is 29. The monoisotopic (exact) mass is 1540 g/mol. The highest BCUT2D eigenvalue weighted by atomic mass is 35.5. The van der Waals surface area contributed by atoms with Crippen molar-refractivity contribution in [3.05, 3.63) is 95.1 Å². The van der Waals surface area contributed by atoms with Gasteiger partial charge in [-0.25, -0.2) is 4.99 Å². The zero-order valence-electron chi connectivity index (χ0n) is 63.0. The fraction of sp³-hybridized carbons (Fsp3) is 0.747. The van der Waals surface area contributed by atoms with Gasteiger partial charge < -0.3 is 151 Å². The molecule has 0 aliphatic heterocycles. The van der Waals surface area contributed by atoms with Crippen LogP contribution in [0.15, 0.2) is 78.4 Å². The number of aliphatic hydroxyl groups is 3. The van der Waals surface area contributed by atoms with Crippen LogP contribution in [0.5, 0.6) is 0 Å².